The van der Waals surface area contributed by atoms with Crippen molar-refractivity contribution in [2.24, 2.45) is 33.8 Å². The molecule has 0 radical (unpaired) electrons. The van der Waals surface area contributed by atoms with Crippen LogP contribution in [0.5, 0.6) is 0 Å². The third-order valence-electron chi connectivity index (χ3n) is 5.40. The van der Waals surface area contributed by atoms with Crippen LogP contribution in [0, 0.1) is 10.8 Å². The molecule has 2 aliphatic heterocycles. The van der Waals surface area contributed by atoms with Crippen molar-refractivity contribution >= 4 is 22.3 Å². The van der Waals surface area contributed by atoms with Crippen LogP contribution >= 0.6 is 0 Å². The first-order valence-electron chi connectivity index (χ1n) is 12.2. The summed E-state index contributed by atoms with van der Waals surface area (Å²) in [6, 6.07) is -0.780. The van der Waals surface area contributed by atoms with Crippen molar-refractivity contribution in [3.8, 4) is 0 Å². The van der Waals surface area contributed by atoms with Crippen LogP contribution in [0.4, 0.5) is 0 Å². The van der Waals surface area contributed by atoms with Gasteiger partial charge in [-0.1, -0.05) is 40.5 Å². The predicted molar refractivity (Wildman–Crippen MR) is 136 cm³/mol. The van der Waals surface area contributed by atoms with Crippen LogP contribution in [-0.4, -0.2) is 80.8 Å². The van der Waals surface area contributed by atoms with Gasteiger partial charge < -0.3 is 62.5 Å². The minimum atomic E-state index is -5.17. The minimum Gasteiger partial charge on any atom is -0.759 e. The minimum absolute atomic E-state index is 0. The Kier molecular flexibility index (Phi) is 33.5. The number of carboxylic acid groups (broad SMARTS) is 2. The predicted octanol–water partition coefficient (Wildman–Crippen LogP) is -3.73. The topological polar surface area (TPSA) is 289 Å². The van der Waals surface area contributed by atoms with Crippen molar-refractivity contribution < 1.29 is 79.5 Å². The van der Waals surface area contributed by atoms with E-state index in [1.807, 2.05) is 27.7 Å². The zero-order valence-corrected chi connectivity index (χ0v) is 28.6. The largest absolute Gasteiger partial charge is 2.00 e. The average molecular weight is 947 g/mol. The number of carbonyl (C=O) groups is 2. The van der Waals surface area contributed by atoms with Gasteiger partial charge in [0.15, 0.2) is 0 Å². The fourth-order valence-electron chi connectivity index (χ4n) is 2.27. The van der Waals surface area contributed by atoms with E-state index in [0.717, 1.165) is 51.6 Å². The number of carbonyl (C=O) groups excluding carboxylic acids is 2. The summed E-state index contributed by atoms with van der Waals surface area (Å²) in [7, 11) is -5.17. The van der Waals surface area contributed by atoms with E-state index in [1.165, 1.54) is 0 Å². The molecule has 0 amide bonds. The summed E-state index contributed by atoms with van der Waals surface area (Å²) in [4.78, 5) is 20.4. The van der Waals surface area contributed by atoms with Gasteiger partial charge in [0, 0.05) is 22.5 Å². The molecule has 2 aliphatic rings. The molecule has 2 rings (SSSR count). The number of aliphatic carboxylic acids is 2. The Balaban J connectivity index is -0.000000124. The molecule has 0 aromatic heterocycles. The van der Waals surface area contributed by atoms with Gasteiger partial charge in [-0.25, -0.2) is 0 Å². The van der Waals surface area contributed by atoms with Crippen LogP contribution in [0.3, 0.4) is 0 Å². The second-order valence-corrected chi connectivity index (χ2v) is 11.0. The first-order valence-corrected chi connectivity index (χ1v) is 13.5. The molecule has 14 nitrogen and oxygen atoms in total. The smallest absolute Gasteiger partial charge is 0.759 e. The molecular weight excluding hydrogens is 898 g/mol. The monoisotopic (exact) mass is 946 g/mol. The fourth-order valence-corrected chi connectivity index (χ4v) is 2.27. The van der Waals surface area contributed by atoms with E-state index >= 15 is 0 Å². The van der Waals surface area contributed by atoms with Crippen molar-refractivity contribution in [3.63, 3.8) is 0 Å². The molecule has 17 heteroatoms. The van der Waals surface area contributed by atoms with E-state index < -0.39 is 34.4 Å². The molecule has 2 fully saturated rings. The Morgan fingerprint density at radius 2 is 0.923 bits per heavy atom. The molecular formula is C22H48N6O8Pt2S. The Morgan fingerprint density at radius 3 is 1.00 bits per heavy atom. The first kappa shape index (κ1) is 48.7. The summed E-state index contributed by atoms with van der Waals surface area (Å²) in [5.41, 5.74) is 21.6. The van der Waals surface area contributed by atoms with Crippen LogP contribution in [0.15, 0.2) is 0 Å². The van der Waals surface area contributed by atoms with Crippen LogP contribution < -0.4 is 43.8 Å². The van der Waals surface area contributed by atoms with Crippen LogP contribution in [0.1, 0.15) is 66.2 Å². The van der Waals surface area contributed by atoms with E-state index in [1.54, 1.807) is 0 Å². The van der Waals surface area contributed by atoms with Crippen LogP contribution in [0.25, 0.3) is 0 Å². The summed E-state index contributed by atoms with van der Waals surface area (Å²) in [6.45, 7) is 12.5. The van der Waals surface area contributed by atoms with Crippen LogP contribution in [0.2, 0.25) is 0 Å². The Hall–Kier alpha value is -0.0534. The fraction of sp³-hybridized carbons (Fsp3) is 0.909. The van der Waals surface area contributed by atoms with Crippen LogP contribution in [-0.2, 0) is 62.1 Å². The zero-order chi connectivity index (χ0) is 29.7. The van der Waals surface area contributed by atoms with Gasteiger partial charge in [-0.2, -0.15) is 0 Å². The number of piperidine rings is 2. The number of nitrogens with two attached hydrogens (primary N) is 4. The second-order valence-electron chi connectivity index (χ2n) is 10.2. The van der Waals surface area contributed by atoms with Gasteiger partial charge in [0.1, 0.15) is 0 Å². The summed E-state index contributed by atoms with van der Waals surface area (Å²) >= 11 is 0. The van der Waals surface area contributed by atoms with Gasteiger partial charge in [-0.3, -0.25) is 8.42 Å². The molecule has 0 spiro atoms. The van der Waals surface area contributed by atoms with Gasteiger partial charge in [0.25, 0.3) is 0 Å². The maximum Gasteiger partial charge on any atom is 2.00 e. The standard InChI is InChI=1S/2C6H11NO2.2C5H14N2.H2O4S.2Pt/c2*8-6(9)5-3-1-2-4-7-5;2*1-5(2,3-6)4-7;1-5(2,3)4;;/h2*5,7H,1-4H2,(H,8,9);2*3-4,6-7H2,1-2H3;(H2,1,2,3,4);;/q;;;;;2*+2/p-4/t2*5-;;;;;/m10...../s1. The first-order chi connectivity index (χ1) is 16.9. The molecule has 2 heterocycles. The Labute approximate surface area is 262 Å². The van der Waals surface area contributed by atoms with Gasteiger partial charge in [-0.15, -0.1) is 0 Å². The summed E-state index contributed by atoms with van der Waals surface area (Å²) in [5, 5.41) is 26.1. The third kappa shape index (κ3) is 37.9. The molecule has 2 atom stereocenters. The Morgan fingerprint density at radius 1 is 0.692 bits per heavy atom. The Bertz CT molecular complexity index is 643. The zero-order valence-electron chi connectivity index (χ0n) is 23.3. The molecule has 10 N–H and O–H groups in total. The maximum absolute atomic E-state index is 10.2. The molecule has 0 bridgehead atoms. The quantitative estimate of drug-likeness (QED) is 0.110. The molecule has 0 unspecified atom stereocenters. The summed E-state index contributed by atoms with van der Waals surface area (Å²) in [5.74, 6) is -1.93. The molecule has 0 saturated carbocycles. The molecule has 39 heavy (non-hydrogen) atoms. The van der Waals surface area contributed by atoms with Gasteiger partial charge >= 0.3 is 42.1 Å². The summed E-state index contributed by atoms with van der Waals surface area (Å²) < 4.78 is 34.1. The van der Waals surface area contributed by atoms with Gasteiger partial charge in [0.05, 0.1) is 11.9 Å². The van der Waals surface area contributed by atoms with Crippen molar-refractivity contribution in [2.75, 3.05) is 39.3 Å². The maximum atomic E-state index is 10.2. The van der Waals surface area contributed by atoms with Crippen molar-refractivity contribution in [1.29, 1.82) is 0 Å². The van der Waals surface area contributed by atoms with E-state index in [2.05, 4.69) is 10.6 Å². The number of carboxylic acids is 2. The third-order valence-corrected chi connectivity index (χ3v) is 5.40. The van der Waals surface area contributed by atoms with Crippen molar-refractivity contribution in [3.05, 3.63) is 0 Å². The average Bonchev–Trinajstić information content (AvgIpc) is 2.85. The van der Waals surface area contributed by atoms with E-state index in [9.17, 15) is 19.8 Å². The van der Waals surface area contributed by atoms with E-state index in [4.69, 9.17) is 40.5 Å². The second kappa shape index (κ2) is 26.8. The molecule has 0 aromatic rings. The van der Waals surface area contributed by atoms with E-state index in [-0.39, 0.29) is 53.0 Å². The van der Waals surface area contributed by atoms with Gasteiger partial charge in [0.2, 0.25) is 0 Å². The van der Waals surface area contributed by atoms with Crippen molar-refractivity contribution in [1.82, 2.24) is 10.6 Å². The number of hydrogen-bond acceptors (Lipinski definition) is 14. The SMILES string of the molecule is CC(C)(CN)CN.CC(C)(CN)CN.O=C([O-])[C@@H]1CCCCN1.O=C([O-])[C@H]1CCCCN1.O=S(=O)([O-])[O-].[Pt+2].[Pt+2]. The molecule has 0 aliphatic carbocycles. The number of hydrogen-bond donors (Lipinski definition) is 6. The number of nitrogens with one attached hydrogen (secondary N) is 2. The van der Waals surface area contributed by atoms with Crippen molar-refractivity contribution in [2.45, 2.75) is 78.3 Å². The molecule has 0 aromatic carbocycles. The molecule has 240 valence electrons. The number of rotatable bonds is 6. The normalized spacial score (nSPS) is 18.6. The van der Waals surface area contributed by atoms with Gasteiger partial charge in [-0.05, 0) is 75.8 Å². The molecule has 2 saturated heterocycles. The summed E-state index contributed by atoms with van der Waals surface area (Å²) in [6.07, 6.45) is 5.63. The van der Waals surface area contributed by atoms with E-state index in [0.29, 0.717) is 26.2 Å².